The molecule has 0 aromatic carbocycles. The van der Waals surface area contributed by atoms with Gasteiger partial charge in [0, 0.05) is 7.11 Å². The van der Waals surface area contributed by atoms with Gasteiger partial charge in [-0.3, -0.25) is 4.52 Å². The zero-order chi connectivity index (χ0) is 20.6. The van der Waals surface area contributed by atoms with Gasteiger partial charge in [-0.15, -0.1) is 8.58 Å². The smallest absolute Gasteiger partial charge is 0.303 e. The predicted molar refractivity (Wildman–Crippen MR) is 122 cm³/mol. The lowest BCUT2D eigenvalue weighted by atomic mass is 10.1. The van der Waals surface area contributed by atoms with E-state index in [-0.39, 0.29) is 0 Å². The second-order valence-electron chi connectivity index (χ2n) is 7.37. The van der Waals surface area contributed by atoms with Crippen molar-refractivity contribution in [1.82, 2.24) is 0 Å². The van der Waals surface area contributed by atoms with Gasteiger partial charge < -0.3 is 9.79 Å². The van der Waals surface area contributed by atoms with Crippen LogP contribution in [0.2, 0.25) is 0 Å². The van der Waals surface area contributed by atoms with Gasteiger partial charge in [0.1, 0.15) is 0 Å². The first-order valence-electron chi connectivity index (χ1n) is 11.3. The summed E-state index contributed by atoms with van der Waals surface area (Å²) in [5.41, 5.74) is 0. The minimum atomic E-state index is -4.15. The largest absolute Gasteiger partial charge is 0.469 e. The van der Waals surface area contributed by atoms with E-state index in [0.717, 1.165) is 7.11 Å². The minimum absolute atomic E-state index is 0.945. The van der Waals surface area contributed by atoms with Crippen LogP contribution in [0.25, 0.3) is 0 Å². The Bertz CT molecular complexity index is 291. The van der Waals surface area contributed by atoms with Crippen LogP contribution in [0.3, 0.4) is 0 Å². The Kier molecular flexibility index (Phi) is 27.1. The lowest BCUT2D eigenvalue weighted by Gasteiger charge is -2.03. The van der Waals surface area contributed by atoms with Crippen LogP contribution in [-0.2, 0) is 9.09 Å². The number of hydrogen-bond acceptors (Lipinski definition) is 2. The van der Waals surface area contributed by atoms with E-state index in [9.17, 15) is 4.57 Å². The van der Waals surface area contributed by atoms with Crippen LogP contribution in [0.5, 0.6) is 0 Å². The van der Waals surface area contributed by atoms with Crippen molar-refractivity contribution in [3.8, 4) is 0 Å². The van der Waals surface area contributed by atoms with Crippen molar-refractivity contribution in [2.45, 2.75) is 117 Å². The van der Waals surface area contributed by atoms with E-state index in [1.807, 2.05) is 0 Å². The van der Waals surface area contributed by atoms with E-state index in [0.29, 0.717) is 0 Å². The van der Waals surface area contributed by atoms with Crippen molar-refractivity contribution in [3.05, 3.63) is 0 Å². The Labute approximate surface area is 171 Å². The summed E-state index contributed by atoms with van der Waals surface area (Å²) in [7, 11) is -1.95. The molecule has 1 atom stereocenters. The van der Waals surface area contributed by atoms with E-state index >= 15 is 0 Å². The Morgan fingerprint density at radius 3 is 1.19 bits per heavy atom. The summed E-state index contributed by atoms with van der Waals surface area (Å²) in [6.45, 7) is 4.60. The summed E-state index contributed by atoms with van der Waals surface area (Å²) in [4.78, 5) is 15.4. The fourth-order valence-electron chi connectivity index (χ4n) is 2.89. The second kappa shape index (κ2) is 24.6. The molecule has 0 rings (SSSR count). The summed E-state index contributed by atoms with van der Waals surface area (Å²) in [6.07, 6.45) is 26.5. The minimum Gasteiger partial charge on any atom is -0.303 e. The van der Waals surface area contributed by atoms with Crippen LogP contribution < -0.4 is 0 Å². The van der Waals surface area contributed by atoms with E-state index < -0.39 is 7.82 Å². The molecule has 0 aliphatic rings. The van der Waals surface area contributed by atoms with Crippen molar-refractivity contribution in [3.63, 3.8) is 0 Å². The van der Waals surface area contributed by atoms with Gasteiger partial charge in [-0.05, 0) is 25.2 Å². The van der Waals surface area contributed by atoms with Crippen molar-refractivity contribution in [2.24, 2.45) is 0 Å². The highest BCUT2D eigenvalue weighted by atomic mass is 31.2. The summed E-state index contributed by atoms with van der Waals surface area (Å²) in [5, 5.41) is 0. The molecule has 0 spiro atoms. The molecule has 6 heteroatoms. The van der Waals surface area contributed by atoms with Crippen LogP contribution in [-0.4, -0.2) is 29.2 Å². The van der Waals surface area contributed by atoms with E-state index in [1.165, 1.54) is 124 Å². The lowest BCUT2D eigenvalue weighted by molar-refractivity contribution is 0.235. The molecule has 0 aromatic heterocycles. The molecule has 0 radical (unpaired) electrons. The van der Waals surface area contributed by atoms with Gasteiger partial charge in [0.25, 0.3) is 0 Å². The first-order valence-corrected chi connectivity index (χ1v) is 14.2. The Balaban J connectivity index is 0. The van der Waals surface area contributed by atoms with E-state index in [1.54, 1.807) is 0 Å². The van der Waals surface area contributed by atoms with Gasteiger partial charge in [0.2, 0.25) is 0 Å². The number of phosphoric acid groups is 1. The molecule has 0 saturated carbocycles. The predicted octanol–water partition coefficient (Wildman–Crippen LogP) is 7.67. The van der Waals surface area contributed by atoms with Crippen molar-refractivity contribution < 1.29 is 18.9 Å². The van der Waals surface area contributed by atoms with Crippen molar-refractivity contribution >= 4 is 16.4 Å². The van der Waals surface area contributed by atoms with E-state index in [2.05, 4.69) is 18.4 Å². The molecule has 4 nitrogen and oxygen atoms in total. The summed E-state index contributed by atoms with van der Waals surface area (Å²) in [5.74, 6) is 0. The van der Waals surface area contributed by atoms with Gasteiger partial charge in [0.05, 0.1) is 0 Å². The molecule has 0 saturated heterocycles. The van der Waals surface area contributed by atoms with Gasteiger partial charge in [0.15, 0.2) is 0 Å². The van der Waals surface area contributed by atoms with Gasteiger partial charge in [-0.1, -0.05) is 104 Å². The molecule has 0 amide bonds. The van der Waals surface area contributed by atoms with Crippen molar-refractivity contribution in [1.29, 1.82) is 0 Å². The second-order valence-corrected chi connectivity index (χ2v) is 10.2. The highest BCUT2D eigenvalue weighted by Gasteiger charge is 2.07. The monoisotopic (exact) mass is 426 g/mol. The van der Waals surface area contributed by atoms with Crippen LogP contribution in [0, 0.1) is 0 Å². The zero-order valence-electron chi connectivity index (χ0n) is 18.4. The molecule has 0 heterocycles. The molecule has 0 bridgehead atoms. The molecule has 166 valence electrons. The zero-order valence-corrected chi connectivity index (χ0v) is 20.3. The van der Waals surface area contributed by atoms with Gasteiger partial charge in [-0.25, -0.2) is 4.57 Å². The molecule has 1 unspecified atom stereocenters. The SMILES string of the molecule is CCCCCCCCCCCCCCPCCCCCC.COP(=O)(O)O. The molecule has 0 aliphatic carbocycles. The van der Waals surface area contributed by atoms with Gasteiger partial charge >= 0.3 is 7.82 Å². The Morgan fingerprint density at radius 2 is 0.889 bits per heavy atom. The third-order valence-corrected chi connectivity index (χ3v) is 6.54. The van der Waals surface area contributed by atoms with Crippen LogP contribution >= 0.6 is 16.4 Å². The van der Waals surface area contributed by atoms with Crippen LogP contribution in [0.1, 0.15) is 117 Å². The Morgan fingerprint density at radius 1 is 0.630 bits per heavy atom. The quantitative estimate of drug-likeness (QED) is 0.164. The summed E-state index contributed by atoms with van der Waals surface area (Å²) >= 11 is 0. The maximum Gasteiger partial charge on any atom is 0.469 e. The number of hydrogen-bond donors (Lipinski definition) is 2. The number of unbranched alkanes of at least 4 members (excludes halogenated alkanes) is 14. The Hall–Kier alpha value is 0.540. The van der Waals surface area contributed by atoms with Gasteiger partial charge in [-0.2, -0.15) is 0 Å². The lowest BCUT2D eigenvalue weighted by Crippen LogP contribution is -1.85. The average molecular weight is 427 g/mol. The third-order valence-electron chi connectivity index (χ3n) is 4.65. The third kappa shape index (κ3) is 34.4. The maximum atomic E-state index is 9.47. The first kappa shape index (κ1) is 29.7. The topological polar surface area (TPSA) is 66.8 Å². The van der Waals surface area contributed by atoms with Crippen molar-refractivity contribution in [2.75, 3.05) is 19.4 Å². The highest BCUT2D eigenvalue weighted by Crippen LogP contribution is 2.33. The van der Waals surface area contributed by atoms with Crippen LogP contribution in [0.4, 0.5) is 0 Å². The summed E-state index contributed by atoms with van der Waals surface area (Å²) in [6, 6.07) is 0. The fourth-order valence-corrected chi connectivity index (χ4v) is 4.14. The summed E-state index contributed by atoms with van der Waals surface area (Å²) < 4.78 is 13.1. The number of rotatable bonds is 19. The molecular weight excluding hydrogens is 378 g/mol. The molecule has 0 aliphatic heterocycles. The maximum absolute atomic E-state index is 9.47. The molecule has 0 aromatic rings. The average Bonchev–Trinajstić information content (AvgIpc) is 2.64. The molecule has 27 heavy (non-hydrogen) atoms. The first-order chi connectivity index (χ1) is 13.0. The van der Waals surface area contributed by atoms with Crippen LogP contribution in [0.15, 0.2) is 0 Å². The molecule has 2 N–H and O–H groups in total. The fraction of sp³-hybridized carbons (Fsp3) is 1.00. The number of phosphoric ester groups is 1. The molecule has 0 fully saturated rings. The highest BCUT2D eigenvalue weighted by molar-refractivity contribution is 7.46. The standard InChI is InChI=1S/C20H43P.CH5O4P/c1-3-5-7-9-10-11-12-13-14-15-16-18-20-21-19-17-8-6-4-2;1-5-6(2,3)4/h21H,3-20H2,1-2H3;1H3,(H2,2,3,4). The normalized spacial score (nSPS) is 11.7. The molecular formula is C21H48O4P2. The van der Waals surface area contributed by atoms with E-state index in [4.69, 9.17) is 9.79 Å².